The van der Waals surface area contributed by atoms with Crippen LogP contribution in [0, 0.1) is 5.82 Å². The second-order valence-electron chi connectivity index (χ2n) is 7.41. The molecule has 0 atom stereocenters. The molecular weight excluding hydrogens is 451 g/mol. The van der Waals surface area contributed by atoms with Crippen molar-refractivity contribution in [3.63, 3.8) is 0 Å². The molecule has 2 amide bonds. The van der Waals surface area contributed by atoms with Crippen LogP contribution < -0.4 is 20.3 Å². The molecule has 8 heteroatoms. The molecule has 180 valence electrons. The predicted molar refractivity (Wildman–Crippen MR) is 131 cm³/mol. The first kappa shape index (κ1) is 25.2. The van der Waals surface area contributed by atoms with E-state index in [4.69, 9.17) is 14.7 Å². The maximum atomic E-state index is 13.5. The number of rotatable bonds is 9. The van der Waals surface area contributed by atoms with Gasteiger partial charge < -0.3 is 14.8 Å². The minimum absolute atomic E-state index is 0.254. The lowest BCUT2D eigenvalue weighted by Gasteiger charge is -2.12. The van der Waals surface area contributed by atoms with Crippen LogP contribution in [-0.2, 0) is 16.1 Å². The number of hydrogen-bond acceptors (Lipinski definition) is 5. The zero-order chi connectivity index (χ0) is 25.2. The summed E-state index contributed by atoms with van der Waals surface area (Å²) in [4.78, 5) is 24.2. The van der Waals surface area contributed by atoms with Gasteiger partial charge in [-0.05, 0) is 58.7 Å². The van der Waals surface area contributed by atoms with Crippen LogP contribution >= 0.6 is 0 Å². The van der Waals surface area contributed by atoms with Crippen molar-refractivity contribution in [3.8, 4) is 11.5 Å². The Morgan fingerprint density at radius 2 is 1.57 bits per heavy atom. The molecule has 0 fully saturated rings. The highest BCUT2D eigenvalue weighted by Gasteiger charge is 2.14. The number of hydrogen-bond donors (Lipinski definition) is 3. The first-order valence-corrected chi connectivity index (χ1v) is 10.6. The number of halogens is 1. The van der Waals surface area contributed by atoms with Gasteiger partial charge in [-0.1, -0.05) is 42.5 Å². The highest BCUT2D eigenvalue weighted by Crippen LogP contribution is 2.29. The summed E-state index contributed by atoms with van der Waals surface area (Å²) in [5.41, 5.74) is 4.74. The Labute approximate surface area is 202 Å². The van der Waals surface area contributed by atoms with Crippen LogP contribution in [0.4, 0.5) is 4.39 Å². The van der Waals surface area contributed by atoms with Gasteiger partial charge in [0.2, 0.25) is 0 Å². The Morgan fingerprint density at radius 1 is 0.914 bits per heavy atom. The summed E-state index contributed by atoms with van der Waals surface area (Å²) in [5.74, 6) is -0.283. The summed E-state index contributed by atoms with van der Waals surface area (Å²) in [7, 11) is 3.07. The highest BCUT2D eigenvalue weighted by atomic mass is 19.1. The smallest absolute Gasteiger partial charge is 0.267 e. The van der Waals surface area contributed by atoms with Crippen molar-refractivity contribution in [2.45, 2.75) is 6.54 Å². The number of nitrogens with one attached hydrogen (secondary N) is 2. The Kier molecular flexibility index (Phi) is 8.75. The second-order valence-corrected chi connectivity index (χ2v) is 7.41. The van der Waals surface area contributed by atoms with Gasteiger partial charge in [0.15, 0.2) is 11.5 Å². The lowest BCUT2D eigenvalue weighted by atomic mass is 10.0. The molecule has 3 rings (SSSR count). The Morgan fingerprint density at radius 3 is 2.20 bits per heavy atom. The molecule has 0 radical (unpaired) electrons. The number of ether oxygens (including phenoxy) is 2. The minimum atomic E-state index is -0.629. The maximum absolute atomic E-state index is 13.5. The van der Waals surface area contributed by atoms with Gasteiger partial charge >= 0.3 is 0 Å². The van der Waals surface area contributed by atoms with Crippen molar-refractivity contribution in [2.75, 3.05) is 14.2 Å². The first-order chi connectivity index (χ1) is 16.9. The van der Waals surface area contributed by atoms with E-state index in [1.165, 1.54) is 30.8 Å². The number of hydroxylamine groups is 1. The molecule has 0 saturated carbocycles. The van der Waals surface area contributed by atoms with Gasteiger partial charge in [-0.3, -0.25) is 14.8 Å². The lowest BCUT2D eigenvalue weighted by Crippen LogP contribution is -2.23. The van der Waals surface area contributed by atoms with Gasteiger partial charge in [0.1, 0.15) is 5.82 Å². The van der Waals surface area contributed by atoms with E-state index in [-0.39, 0.29) is 12.5 Å². The van der Waals surface area contributed by atoms with Crippen molar-refractivity contribution in [1.29, 1.82) is 0 Å². The minimum Gasteiger partial charge on any atom is -0.493 e. The van der Waals surface area contributed by atoms with E-state index >= 15 is 0 Å². The standard InChI is InChI=1S/C27H25FN2O5/c1-34-24-13-7-20(16-25(24)35-2)15-23(21-9-11-22(28)12-10-21)27(32)29-17-19-5-3-18(4-6-19)8-14-26(31)30-33/h3-16,33H,17H2,1-2H3,(H,29,32)(H,30,31). The molecule has 0 spiro atoms. The predicted octanol–water partition coefficient (Wildman–Crippen LogP) is 4.22. The maximum Gasteiger partial charge on any atom is 0.267 e. The number of carbonyl (C=O) groups is 2. The van der Waals surface area contributed by atoms with Crippen molar-refractivity contribution in [3.05, 3.63) is 101 Å². The number of carbonyl (C=O) groups excluding carboxylic acids is 2. The van der Waals surface area contributed by atoms with Crippen LogP contribution in [0.3, 0.4) is 0 Å². The molecule has 0 aliphatic carbocycles. The largest absolute Gasteiger partial charge is 0.493 e. The lowest BCUT2D eigenvalue weighted by molar-refractivity contribution is -0.124. The Balaban J connectivity index is 1.81. The fourth-order valence-corrected chi connectivity index (χ4v) is 3.25. The molecule has 0 aliphatic heterocycles. The summed E-state index contributed by atoms with van der Waals surface area (Å²) >= 11 is 0. The molecule has 0 aromatic heterocycles. The van der Waals surface area contributed by atoms with Crippen molar-refractivity contribution < 1.29 is 28.7 Å². The average Bonchev–Trinajstić information content (AvgIpc) is 2.89. The average molecular weight is 477 g/mol. The second kappa shape index (κ2) is 12.2. The van der Waals surface area contributed by atoms with Gasteiger partial charge in [0, 0.05) is 18.2 Å². The molecule has 0 saturated heterocycles. The van der Waals surface area contributed by atoms with Crippen molar-refractivity contribution in [1.82, 2.24) is 10.8 Å². The van der Waals surface area contributed by atoms with Crippen molar-refractivity contribution >= 4 is 29.5 Å². The van der Waals surface area contributed by atoms with E-state index in [1.54, 1.807) is 61.7 Å². The van der Waals surface area contributed by atoms with E-state index in [2.05, 4.69) is 5.32 Å². The van der Waals surface area contributed by atoms with Crippen molar-refractivity contribution in [2.24, 2.45) is 0 Å². The monoisotopic (exact) mass is 476 g/mol. The van der Waals surface area contributed by atoms with E-state index in [1.807, 2.05) is 12.1 Å². The zero-order valence-electron chi connectivity index (χ0n) is 19.2. The summed E-state index contributed by atoms with van der Waals surface area (Å²) < 4.78 is 24.1. The van der Waals surface area contributed by atoms with Gasteiger partial charge in [-0.2, -0.15) is 0 Å². The molecule has 3 aromatic rings. The summed E-state index contributed by atoms with van der Waals surface area (Å²) in [6.07, 6.45) is 4.45. The molecular formula is C27H25FN2O5. The van der Waals surface area contributed by atoms with Crippen LogP contribution in [-0.4, -0.2) is 31.2 Å². The third-order valence-corrected chi connectivity index (χ3v) is 5.09. The normalized spacial score (nSPS) is 11.3. The molecule has 0 heterocycles. The van der Waals surface area contributed by atoms with Gasteiger partial charge in [0.05, 0.1) is 14.2 Å². The summed E-state index contributed by atoms with van der Waals surface area (Å²) in [6.45, 7) is 0.254. The quantitative estimate of drug-likeness (QED) is 0.186. The molecule has 0 aliphatic rings. The van der Waals surface area contributed by atoms with E-state index in [0.29, 0.717) is 28.2 Å². The van der Waals surface area contributed by atoms with Crippen LogP contribution in [0.2, 0.25) is 0 Å². The van der Waals surface area contributed by atoms with E-state index < -0.39 is 11.7 Å². The Hall–Kier alpha value is -4.43. The topological polar surface area (TPSA) is 96.9 Å². The van der Waals surface area contributed by atoms with Gasteiger partial charge in [-0.15, -0.1) is 0 Å². The molecule has 3 N–H and O–H groups in total. The number of benzene rings is 3. The fourth-order valence-electron chi connectivity index (χ4n) is 3.25. The van der Waals surface area contributed by atoms with Crippen LogP contribution in [0.15, 0.2) is 72.8 Å². The molecule has 35 heavy (non-hydrogen) atoms. The van der Waals surface area contributed by atoms with E-state index in [9.17, 15) is 14.0 Å². The molecule has 0 unspecified atom stereocenters. The van der Waals surface area contributed by atoms with Gasteiger partial charge in [0.25, 0.3) is 11.8 Å². The summed E-state index contributed by atoms with van der Waals surface area (Å²) in [5, 5.41) is 11.4. The fraction of sp³-hybridized carbons (Fsp3) is 0.111. The van der Waals surface area contributed by atoms with Crippen LogP contribution in [0.1, 0.15) is 22.3 Å². The number of methoxy groups -OCH3 is 2. The first-order valence-electron chi connectivity index (χ1n) is 10.6. The van der Waals surface area contributed by atoms with Gasteiger partial charge in [-0.25, -0.2) is 9.87 Å². The molecule has 0 bridgehead atoms. The third-order valence-electron chi connectivity index (χ3n) is 5.09. The summed E-state index contributed by atoms with van der Waals surface area (Å²) in [6, 6.07) is 18.2. The Bertz CT molecular complexity index is 1240. The van der Waals surface area contributed by atoms with E-state index in [0.717, 1.165) is 11.1 Å². The molecule has 7 nitrogen and oxygen atoms in total. The molecule has 3 aromatic carbocycles. The SMILES string of the molecule is COc1ccc(C=C(C(=O)NCc2ccc(C=CC(=O)NO)cc2)c2ccc(F)cc2)cc1OC. The van der Waals surface area contributed by atoms with Crippen LogP contribution in [0.25, 0.3) is 17.7 Å². The zero-order valence-corrected chi connectivity index (χ0v) is 19.2. The number of amides is 2. The highest BCUT2D eigenvalue weighted by molar-refractivity contribution is 6.24. The van der Waals surface area contributed by atoms with Crippen LogP contribution in [0.5, 0.6) is 11.5 Å². The third kappa shape index (κ3) is 7.02.